The largest absolute Gasteiger partial charge is 0.466 e. The number of rotatable bonds is 8. The van der Waals surface area contributed by atoms with Crippen molar-refractivity contribution in [3.05, 3.63) is 36.5 Å². The average molecular weight is 396 g/mol. The van der Waals surface area contributed by atoms with E-state index >= 15 is 0 Å². The van der Waals surface area contributed by atoms with E-state index in [-0.39, 0.29) is 24.0 Å². The van der Waals surface area contributed by atoms with E-state index in [2.05, 4.69) is 22.6 Å². The van der Waals surface area contributed by atoms with Crippen molar-refractivity contribution >= 4 is 17.9 Å². The summed E-state index contributed by atoms with van der Waals surface area (Å²) >= 11 is 0. The van der Waals surface area contributed by atoms with Gasteiger partial charge in [0.25, 0.3) is 0 Å². The summed E-state index contributed by atoms with van der Waals surface area (Å²) in [6.45, 7) is 11.9. The molecule has 0 N–H and O–H groups in total. The zero-order valence-corrected chi connectivity index (χ0v) is 17.2. The summed E-state index contributed by atoms with van der Waals surface area (Å²) in [6.07, 6.45) is 8.28. The van der Waals surface area contributed by atoms with Crippen molar-refractivity contribution in [3.8, 4) is 0 Å². The monoisotopic (exact) mass is 396 g/mol. The number of esters is 3. The van der Waals surface area contributed by atoms with Crippen LogP contribution < -0.4 is 0 Å². The Hall–Kier alpha value is -2.41. The molecule has 0 amide bonds. The topological polar surface area (TPSA) is 91.4 Å². The molecule has 1 aliphatic heterocycles. The van der Waals surface area contributed by atoms with Crippen LogP contribution in [0, 0.1) is 0 Å². The van der Waals surface area contributed by atoms with Crippen molar-refractivity contribution in [2.24, 2.45) is 0 Å². The van der Waals surface area contributed by atoms with Gasteiger partial charge in [-0.3, -0.25) is 0 Å². The van der Waals surface area contributed by atoms with Gasteiger partial charge in [0, 0.05) is 17.2 Å². The molecule has 0 aromatic heterocycles. The zero-order chi connectivity index (χ0) is 21.4. The van der Waals surface area contributed by atoms with Crippen LogP contribution in [-0.4, -0.2) is 50.9 Å². The average Bonchev–Trinajstić information content (AvgIpc) is 3.36. The number of methoxy groups -OCH3 is 1. The van der Waals surface area contributed by atoms with E-state index in [1.165, 1.54) is 13.2 Å². The van der Waals surface area contributed by atoms with Crippen molar-refractivity contribution in [3.63, 3.8) is 0 Å². The van der Waals surface area contributed by atoms with E-state index in [1.54, 1.807) is 6.92 Å². The summed E-state index contributed by atoms with van der Waals surface area (Å²) in [6, 6.07) is 0. The van der Waals surface area contributed by atoms with Crippen molar-refractivity contribution < 1.29 is 33.3 Å². The third-order valence-corrected chi connectivity index (χ3v) is 3.55. The molecule has 0 radical (unpaired) electrons. The first kappa shape index (κ1) is 25.6. The molecular weight excluding hydrogens is 364 g/mol. The molecule has 7 heteroatoms. The van der Waals surface area contributed by atoms with Gasteiger partial charge in [0.1, 0.15) is 12.7 Å². The van der Waals surface area contributed by atoms with E-state index in [0.29, 0.717) is 18.8 Å². The maximum absolute atomic E-state index is 11.2. The van der Waals surface area contributed by atoms with Crippen molar-refractivity contribution in [1.29, 1.82) is 0 Å². The van der Waals surface area contributed by atoms with E-state index in [9.17, 15) is 14.4 Å². The zero-order valence-electron chi connectivity index (χ0n) is 17.2. The lowest BCUT2D eigenvalue weighted by atomic mass is 10.2. The molecule has 0 saturated carbocycles. The standard InChI is InChI=1S/C9H12O3.C7H12O2.C5H8O2/c10-9(7-3-1-2-4-7)12-6-8-5-11-8;1-3-5-6-9-7(8)4-2;1-4(2)5(6)7-3/h3,8H,1-2,4-6H2;4H,2-3,5-6H2,1H3;1H2,2-3H3. The Morgan fingerprint density at radius 1 is 1.32 bits per heavy atom. The first-order chi connectivity index (χ1) is 13.3. The number of carbonyl (C=O) groups is 3. The second-order valence-electron chi connectivity index (χ2n) is 6.17. The Morgan fingerprint density at radius 2 is 2.00 bits per heavy atom. The minimum atomic E-state index is -0.347. The van der Waals surface area contributed by atoms with Crippen molar-refractivity contribution in [1.82, 2.24) is 0 Å². The third-order valence-electron chi connectivity index (χ3n) is 3.55. The summed E-state index contributed by atoms with van der Waals surface area (Å²) < 4.78 is 18.9. The SMILES string of the molecule is C=C(C)C(=O)OC.C=CC(=O)OCCCC.O=C(OCC1CO1)C1=CCCC1. The molecule has 0 aromatic rings. The number of ether oxygens (including phenoxy) is 4. The summed E-state index contributed by atoms with van der Waals surface area (Å²) in [4.78, 5) is 31.8. The van der Waals surface area contributed by atoms with Gasteiger partial charge in [-0.05, 0) is 32.6 Å². The maximum Gasteiger partial charge on any atom is 0.333 e. The number of hydrogen-bond acceptors (Lipinski definition) is 7. The lowest BCUT2D eigenvalue weighted by Gasteiger charge is -2.01. The first-order valence-electron chi connectivity index (χ1n) is 9.36. The molecule has 1 heterocycles. The second kappa shape index (κ2) is 15.6. The van der Waals surface area contributed by atoms with Crippen LogP contribution in [0.4, 0.5) is 0 Å². The Morgan fingerprint density at radius 3 is 2.39 bits per heavy atom. The summed E-state index contributed by atoms with van der Waals surface area (Å²) in [5, 5.41) is 0. The first-order valence-corrected chi connectivity index (χ1v) is 9.36. The summed E-state index contributed by atoms with van der Waals surface area (Å²) in [5.74, 6) is -0.827. The molecule has 2 rings (SSSR count). The molecule has 0 aromatic carbocycles. The molecule has 28 heavy (non-hydrogen) atoms. The van der Waals surface area contributed by atoms with E-state index in [4.69, 9.17) is 9.47 Å². The van der Waals surface area contributed by atoms with Crippen LogP contribution in [0.2, 0.25) is 0 Å². The van der Waals surface area contributed by atoms with Gasteiger partial charge in [0.15, 0.2) is 0 Å². The maximum atomic E-state index is 11.2. The van der Waals surface area contributed by atoms with Crippen LogP contribution in [-0.2, 0) is 33.3 Å². The van der Waals surface area contributed by atoms with E-state index < -0.39 is 0 Å². The highest BCUT2D eigenvalue weighted by molar-refractivity contribution is 5.88. The molecule has 1 saturated heterocycles. The van der Waals surface area contributed by atoms with Crippen molar-refractivity contribution in [2.75, 3.05) is 26.9 Å². The van der Waals surface area contributed by atoms with Gasteiger partial charge in [0.2, 0.25) is 0 Å². The summed E-state index contributed by atoms with van der Waals surface area (Å²) in [7, 11) is 1.33. The number of hydrogen-bond donors (Lipinski definition) is 0. The molecule has 158 valence electrons. The smallest absolute Gasteiger partial charge is 0.333 e. The predicted molar refractivity (Wildman–Crippen MR) is 106 cm³/mol. The fourth-order valence-corrected chi connectivity index (χ4v) is 1.83. The van der Waals surface area contributed by atoms with Crippen LogP contribution in [0.3, 0.4) is 0 Å². The minimum absolute atomic E-state index is 0.150. The summed E-state index contributed by atoms with van der Waals surface area (Å²) in [5.41, 5.74) is 1.28. The molecule has 1 unspecified atom stereocenters. The number of allylic oxidation sites excluding steroid dienone is 1. The van der Waals surface area contributed by atoms with Crippen molar-refractivity contribution in [2.45, 2.75) is 52.1 Å². The molecule has 1 atom stereocenters. The number of epoxide rings is 1. The molecule has 0 bridgehead atoms. The Kier molecular flexibility index (Phi) is 14.3. The quantitative estimate of drug-likeness (QED) is 0.204. The fourth-order valence-electron chi connectivity index (χ4n) is 1.83. The lowest BCUT2D eigenvalue weighted by Crippen LogP contribution is -2.10. The van der Waals surface area contributed by atoms with Crippen LogP contribution in [0.1, 0.15) is 46.0 Å². The highest BCUT2D eigenvalue weighted by Gasteiger charge is 2.25. The van der Waals surface area contributed by atoms with Crippen LogP contribution >= 0.6 is 0 Å². The van der Waals surface area contributed by atoms with Gasteiger partial charge in [-0.25, -0.2) is 14.4 Å². The Balaban J connectivity index is 0.000000410. The van der Waals surface area contributed by atoms with Gasteiger partial charge >= 0.3 is 17.9 Å². The van der Waals surface area contributed by atoms with Gasteiger partial charge in [-0.1, -0.05) is 32.6 Å². The van der Waals surface area contributed by atoms with Gasteiger partial charge in [-0.15, -0.1) is 0 Å². The molecule has 0 spiro atoms. The van der Waals surface area contributed by atoms with Crippen LogP contribution in [0.25, 0.3) is 0 Å². The molecule has 2 aliphatic rings. The molecule has 1 fully saturated rings. The van der Waals surface area contributed by atoms with Crippen LogP contribution in [0.15, 0.2) is 36.5 Å². The van der Waals surface area contributed by atoms with Crippen LogP contribution in [0.5, 0.6) is 0 Å². The highest BCUT2D eigenvalue weighted by Crippen LogP contribution is 2.19. The molecular formula is C21H32O7. The normalized spacial score (nSPS) is 16.1. The number of unbranched alkanes of at least 4 members (excludes halogenated alkanes) is 1. The fraction of sp³-hybridized carbons (Fsp3) is 0.571. The predicted octanol–water partition coefficient (Wildman–Crippen LogP) is 3.29. The minimum Gasteiger partial charge on any atom is -0.466 e. The highest BCUT2D eigenvalue weighted by atomic mass is 16.6. The van der Waals surface area contributed by atoms with Gasteiger partial charge < -0.3 is 18.9 Å². The molecule has 1 aliphatic carbocycles. The lowest BCUT2D eigenvalue weighted by molar-refractivity contribution is -0.140. The van der Waals surface area contributed by atoms with E-state index in [1.807, 2.05) is 13.0 Å². The molecule has 7 nitrogen and oxygen atoms in total. The van der Waals surface area contributed by atoms with Gasteiger partial charge in [0.05, 0.1) is 20.3 Å². The Labute approximate surface area is 167 Å². The van der Waals surface area contributed by atoms with E-state index in [0.717, 1.165) is 44.3 Å². The third kappa shape index (κ3) is 13.7. The Bertz CT molecular complexity index is 559. The number of carbonyl (C=O) groups excluding carboxylic acids is 3. The van der Waals surface area contributed by atoms with Gasteiger partial charge in [-0.2, -0.15) is 0 Å². The second-order valence-corrected chi connectivity index (χ2v) is 6.17.